The molecule has 0 radical (unpaired) electrons. The number of carbonyl (C=O) groups excluding carboxylic acids is 1. The Kier molecular flexibility index (Phi) is 2.22. The van der Waals surface area contributed by atoms with Crippen molar-refractivity contribution in [3.8, 4) is 0 Å². The van der Waals surface area contributed by atoms with Crippen molar-refractivity contribution >= 4 is 6.29 Å². The zero-order valence-electron chi connectivity index (χ0n) is 5.92. The summed E-state index contributed by atoms with van der Waals surface area (Å²) in [6, 6.07) is 0. The molecule has 0 aromatic rings. The van der Waals surface area contributed by atoms with Gasteiger partial charge in [0, 0.05) is 0 Å². The second kappa shape index (κ2) is 2.97. The monoisotopic (exact) mass is 140 g/mol. The smallest absolute Gasteiger partial charge is 0.142 e. The van der Waals surface area contributed by atoms with Gasteiger partial charge in [-0.05, 0) is 25.0 Å². The van der Waals surface area contributed by atoms with Crippen molar-refractivity contribution in [3.63, 3.8) is 0 Å². The molecule has 1 saturated carbocycles. The van der Waals surface area contributed by atoms with Crippen molar-refractivity contribution in [3.05, 3.63) is 12.2 Å². The molecule has 1 N–H and O–H groups in total. The summed E-state index contributed by atoms with van der Waals surface area (Å²) in [6.45, 7) is 0. The van der Waals surface area contributed by atoms with Gasteiger partial charge in [-0.1, -0.05) is 12.8 Å². The molecule has 0 atom stereocenters. The first-order chi connectivity index (χ1) is 4.77. The largest absolute Gasteiger partial charge is 0.386 e. The summed E-state index contributed by atoms with van der Waals surface area (Å²) < 4.78 is 0. The topological polar surface area (TPSA) is 37.3 Å². The van der Waals surface area contributed by atoms with Gasteiger partial charge in [0.05, 0.1) is 5.60 Å². The van der Waals surface area contributed by atoms with Gasteiger partial charge in [-0.3, -0.25) is 4.79 Å². The summed E-state index contributed by atoms with van der Waals surface area (Å²) in [5, 5.41) is 9.58. The molecule has 0 heterocycles. The Morgan fingerprint density at radius 1 is 1.30 bits per heavy atom. The van der Waals surface area contributed by atoms with Crippen LogP contribution in [0.15, 0.2) is 12.2 Å². The fourth-order valence-electron chi connectivity index (χ4n) is 1.37. The van der Waals surface area contributed by atoms with Gasteiger partial charge < -0.3 is 5.11 Å². The minimum atomic E-state index is -0.666. The highest BCUT2D eigenvalue weighted by Gasteiger charge is 2.27. The Bertz CT molecular complexity index is 143. The lowest BCUT2D eigenvalue weighted by atomic mass is 10.0. The van der Waals surface area contributed by atoms with E-state index in [1.165, 1.54) is 6.08 Å². The molecule has 1 rings (SSSR count). The molecule has 2 heteroatoms. The third kappa shape index (κ3) is 1.67. The van der Waals surface area contributed by atoms with E-state index in [0.717, 1.165) is 25.7 Å². The number of hydrogen-bond donors (Lipinski definition) is 1. The molecule has 0 spiro atoms. The number of aldehydes is 1. The van der Waals surface area contributed by atoms with Crippen LogP contribution in [-0.2, 0) is 4.79 Å². The van der Waals surface area contributed by atoms with Gasteiger partial charge >= 0.3 is 0 Å². The molecule has 1 aliphatic rings. The fraction of sp³-hybridized carbons (Fsp3) is 0.625. The van der Waals surface area contributed by atoms with E-state index in [9.17, 15) is 9.90 Å². The summed E-state index contributed by atoms with van der Waals surface area (Å²) in [6.07, 6.45) is 7.43. The van der Waals surface area contributed by atoms with E-state index in [0.29, 0.717) is 6.29 Å². The predicted octanol–water partition coefficient (Wildman–Crippen LogP) is 1.05. The van der Waals surface area contributed by atoms with Crippen molar-refractivity contribution in [1.82, 2.24) is 0 Å². The zero-order valence-corrected chi connectivity index (χ0v) is 5.92. The van der Waals surface area contributed by atoms with Gasteiger partial charge in [0.15, 0.2) is 0 Å². The molecule has 1 fully saturated rings. The van der Waals surface area contributed by atoms with E-state index < -0.39 is 5.60 Å². The third-order valence-corrected chi connectivity index (χ3v) is 1.95. The number of rotatable bonds is 2. The first-order valence-electron chi connectivity index (χ1n) is 3.62. The van der Waals surface area contributed by atoms with Crippen molar-refractivity contribution < 1.29 is 9.90 Å². The van der Waals surface area contributed by atoms with Gasteiger partial charge in [-0.15, -0.1) is 0 Å². The predicted molar refractivity (Wildman–Crippen MR) is 38.6 cm³/mol. The van der Waals surface area contributed by atoms with Crippen LogP contribution in [0.5, 0.6) is 0 Å². The fourth-order valence-corrected chi connectivity index (χ4v) is 1.37. The Labute approximate surface area is 60.6 Å². The highest BCUT2D eigenvalue weighted by molar-refractivity contribution is 5.65. The molecular formula is C8H12O2. The van der Waals surface area contributed by atoms with Crippen molar-refractivity contribution in [2.24, 2.45) is 0 Å². The maximum atomic E-state index is 9.91. The third-order valence-electron chi connectivity index (χ3n) is 1.95. The highest BCUT2D eigenvalue weighted by atomic mass is 16.3. The average Bonchev–Trinajstić information content (AvgIpc) is 2.33. The molecule has 2 nitrogen and oxygen atoms in total. The van der Waals surface area contributed by atoms with E-state index in [2.05, 4.69) is 0 Å². The summed E-state index contributed by atoms with van der Waals surface area (Å²) in [5.41, 5.74) is -0.666. The molecule has 56 valence electrons. The van der Waals surface area contributed by atoms with Gasteiger partial charge in [0.1, 0.15) is 6.29 Å². The van der Waals surface area contributed by atoms with E-state index in [1.807, 2.05) is 0 Å². The summed E-state index contributed by atoms with van der Waals surface area (Å²) in [4.78, 5) is 9.91. The SMILES string of the molecule is O=C/C=C/C1(O)CCCC1. The first kappa shape index (κ1) is 7.48. The molecule has 0 bridgehead atoms. The summed E-state index contributed by atoms with van der Waals surface area (Å²) in [7, 11) is 0. The van der Waals surface area contributed by atoms with Crippen LogP contribution in [0, 0.1) is 0 Å². The molecule has 10 heavy (non-hydrogen) atoms. The number of hydrogen-bond acceptors (Lipinski definition) is 2. The van der Waals surface area contributed by atoms with Crippen LogP contribution >= 0.6 is 0 Å². The lowest BCUT2D eigenvalue weighted by Gasteiger charge is -2.15. The quantitative estimate of drug-likeness (QED) is 0.459. The normalized spacial score (nSPS) is 23.7. The maximum absolute atomic E-state index is 9.91. The van der Waals surface area contributed by atoms with Crippen LogP contribution < -0.4 is 0 Å². The Morgan fingerprint density at radius 3 is 2.40 bits per heavy atom. The van der Waals surface area contributed by atoms with Crippen LogP contribution in [0.4, 0.5) is 0 Å². The van der Waals surface area contributed by atoms with Crippen LogP contribution in [0.3, 0.4) is 0 Å². The molecule has 0 unspecified atom stereocenters. The Morgan fingerprint density at radius 2 is 1.90 bits per heavy atom. The minimum Gasteiger partial charge on any atom is -0.386 e. The van der Waals surface area contributed by atoms with Crippen LogP contribution in [-0.4, -0.2) is 17.0 Å². The van der Waals surface area contributed by atoms with E-state index in [1.54, 1.807) is 6.08 Å². The standard InChI is InChI=1S/C8H12O2/c9-7-3-6-8(10)4-1-2-5-8/h3,6-7,10H,1-2,4-5H2/b6-3+. The van der Waals surface area contributed by atoms with E-state index in [-0.39, 0.29) is 0 Å². The maximum Gasteiger partial charge on any atom is 0.142 e. The lowest BCUT2D eigenvalue weighted by Crippen LogP contribution is -2.19. The van der Waals surface area contributed by atoms with Crippen LogP contribution in [0.1, 0.15) is 25.7 Å². The lowest BCUT2D eigenvalue weighted by molar-refractivity contribution is -0.104. The highest BCUT2D eigenvalue weighted by Crippen LogP contribution is 2.30. The average molecular weight is 140 g/mol. The van der Waals surface area contributed by atoms with Gasteiger partial charge in [0.2, 0.25) is 0 Å². The van der Waals surface area contributed by atoms with Gasteiger partial charge in [-0.25, -0.2) is 0 Å². The van der Waals surface area contributed by atoms with Crippen molar-refractivity contribution in [2.45, 2.75) is 31.3 Å². The second-order valence-electron chi connectivity index (χ2n) is 2.81. The van der Waals surface area contributed by atoms with Crippen molar-refractivity contribution in [2.75, 3.05) is 0 Å². The molecule has 0 amide bonds. The zero-order chi connectivity index (χ0) is 7.45. The van der Waals surface area contributed by atoms with Gasteiger partial charge in [0.25, 0.3) is 0 Å². The molecule has 1 aliphatic carbocycles. The Hall–Kier alpha value is -0.630. The van der Waals surface area contributed by atoms with E-state index in [4.69, 9.17) is 0 Å². The number of aliphatic hydroxyl groups is 1. The molecular weight excluding hydrogens is 128 g/mol. The molecule has 0 aromatic heterocycles. The van der Waals surface area contributed by atoms with E-state index >= 15 is 0 Å². The van der Waals surface area contributed by atoms with Gasteiger partial charge in [-0.2, -0.15) is 0 Å². The van der Waals surface area contributed by atoms with Crippen LogP contribution in [0.2, 0.25) is 0 Å². The molecule has 0 saturated heterocycles. The first-order valence-corrected chi connectivity index (χ1v) is 3.62. The molecule has 0 aromatic carbocycles. The summed E-state index contributed by atoms with van der Waals surface area (Å²) in [5.74, 6) is 0. The number of allylic oxidation sites excluding steroid dienone is 1. The number of carbonyl (C=O) groups is 1. The second-order valence-corrected chi connectivity index (χ2v) is 2.81. The Balaban J connectivity index is 2.50. The minimum absolute atomic E-state index is 0.666. The van der Waals surface area contributed by atoms with Crippen LogP contribution in [0.25, 0.3) is 0 Å². The van der Waals surface area contributed by atoms with Crippen molar-refractivity contribution in [1.29, 1.82) is 0 Å². The molecule has 0 aliphatic heterocycles. The summed E-state index contributed by atoms with van der Waals surface area (Å²) >= 11 is 0.